The van der Waals surface area contributed by atoms with E-state index >= 15 is 0 Å². The molecule has 1 saturated heterocycles. The molecule has 8 nitrogen and oxygen atoms in total. The van der Waals surface area contributed by atoms with Crippen molar-refractivity contribution in [3.8, 4) is 0 Å². The highest BCUT2D eigenvalue weighted by atomic mass is 32.2. The van der Waals surface area contributed by atoms with Crippen molar-refractivity contribution >= 4 is 19.7 Å². The van der Waals surface area contributed by atoms with Gasteiger partial charge in [-0.15, -0.1) is 0 Å². The van der Waals surface area contributed by atoms with Gasteiger partial charge in [0, 0.05) is 12.3 Å². The summed E-state index contributed by atoms with van der Waals surface area (Å²) >= 11 is 0. The van der Waals surface area contributed by atoms with E-state index in [0.29, 0.717) is 6.42 Å². The Morgan fingerprint density at radius 2 is 2.21 bits per heavy atom. The van der Waals surface area contributed by atoms with Gasteiger partial charge in [0.05, 0.1) is 18.1 Å². The van der Waals surface area contributed by atoms with E-state index in [1.165, 1.54) is 0 Å². The Morgan fingerprint density at radius 1 is 1.47 bits per heavy atom. The molecule has 1 aliphatic rings. The van der Waals surface area contributed by atoms with Gasteiger partial charge < -0.3 is 9.84 Å². The van der Waals surface area contributed by atoms with Crippen molar-refractivity contribution in [1.29, 1.82) is 0 Å². The zero-order valence-electron chi connectivity index (χ0n) is 10.4. The summed E-state index contributed by atoms with van der Waals surface area (Å²) in [7, 11) is -6.12. The van der Waals surface area contributed by atoms with Crippen molar-refractivity contribution in [2.75, 3.05) is 17.8 Å². The summed E-state index contributed by atoms with van der Waals surface area (Å²) in [5, 5.41) is 6.56. The van der Waals surface area contributed by atoms with Crippen LogP contribution in [-0.2, 0) is 32.0 Å². The van der Waals surface area contributed by atoms with Crippen LogP contribution in [0.5, 0.6) is 0 Å². The van der Waals surface area contributed by atoms with Crippen molar-refractivity contribution in [2.45, 2.75) is 24.8 Å². The maximum absolute atomic E-state index is 11.3. The molecule has 0 aliphatic carbocycles. The first-order valence-electron chi connectivity index (χ1n) is 5.66. The molecule has 1 fully saturated rings. The second-order valence-electron chi connectivity index (χ2n) is 4.66. The lowest BCUT2D eigenvalue weighted by Gasteiger charge is -2.07. The smallest absolute Gasteiger partial charge is 0.240 e. The minimum atomic E-state index is -3.19. The second kappa shape index (κ2) is 5.17. The zero-order valence-corrected chi connectivity index (χ0v) is 12.0. The molecule has 1 atom stereocenters. The van der Waals surface area contributed by atoms with Crippen molar-refractivity contribution in [3.05, 3.63) is 11.7 Å². The van der Waals surface area contributed by atoms with Crippen LogP contribution in [0.25, 0.3) is 0 Å². The highest BCUT2D eigenvalue weighted by Crippen LogP contribution is 2.12. The molecule has 108 valence electrons. The highest BCUT2D eigenvalue weighted by molar-refractivity contribution is 7.91. The fraction of sp³-hybridized carbons (Fsp3) is 0.778. The summed E-state index contributed by atoms with van der Waals surface area (Å²) in [6.45, 7) is 0.233. The van der Waals surface area contributed by atoms with Crippen LogP contribution in [0.3, 0.4) is 0 Å². The molecule has 0 bridgehead atoms. The molecule has 2 heterocycles. The summed E-state index contributed by atoms with van der Waals surface area (Å²) in [6, 6.07) is -0.116. The number of hydrogen-bond donors (Lipinski definition) is 1. The Morgan fingerprint density at radius 3 is 2.79 bits per heavy atom. The molecular formula is C9H15N3O5S2. The van der Waals surface area contributed by atoms with E-state index < -0.39 is 19.7 Å². The first-order chi connectivity index (χ1) is 8.73. The Kier molecular flexibility index (Phi) is 3.92. The standard InChI is InChI=1S/C9H15N3O5S2/c1-18(13,14)6-8-11-9(17-12-8)4-10-7-2-3-19(15,16)5-7/h7,10H,2-6H2,1H3. The molecule has 0 radical (unpaired) electrons. The van der Waals surface area contributed by atoms with Gasteiger partial charge in [-0.2, -0.15) is 4.98 Å². The van der Waals surface area contributed by atoms with Gasteiger partial charge in [-0.3, -0.25) is 0 Å². The number of nitrogens with zero attached hydrogens (tertiary/aromatic N) is 2. The average Bonchev–Trinajstić information content (AvgIpc) is 2.80. The van der Waals surface area contributed by atoms with Crippen molar-refractivity contribution in [2.24, 2.45) is 0 Å². The third kappa shape index (κ3) is 4.55. The van der Waals surface area contributed by atoms with E-state index in [1.807, 2.05) is 0 Å². The van der Waals surface area contributed by atoms with Crippen molar-refractivity contribution in [3.63, 3.8) is 0 Å². The second-order valence-corrected chi connectivity index (χ2v) is 9.02. The van der Waals surface area contributed by atoms with Crippen molar-refractivity contribution in [1.82, 2.24) is 15.5 Å². The largest absolute Gasteiger partial charge is 0.338 e. The van der Waals surface area contributed by atoms with Gasteiger partial charge in [0.15, 0.2) is 25.5 Å². The fourth-order valence-electron chi connectivity index (χ4n) is 1.84. The van der Waals surface area contributed by atoms with E-state index in [2.05, 4.69) is 15.5 Å². The predicted octanol–water partition coefficient (Wildman–Crippen LogP) is -1.11. The minimum Gasteiger partial charge on any atom is -0.338 e. The molecule has 1 aromatic rings. The molecule has 0 amide bonds. The van der Waals surface area contributed by atoms with Gasteiger partial charge in [0.2, 0.25) is 5.89 Å². The van der Waals surface area contributed by atoms with E-state index in [4.69, 9.17) is 4.52 Å². The Balaban J connectivity index is 1.87. The molecule has 1 unspecified atom stereocenters. The van der Waals surface area contributed by atoms with Gasteiger partial charge in [-0.25, -0.2) is 16.8 Å². The monoisotopic (exact) mass is 309 g/mol. The lowest BCUT2D eigenvalue weighted by Crippen LogP contribution is -2.29. The van der Waals surface area contributed by atoms with Gasteiger partial charge >= 0.3 is 0 Å². The number of aromatic nitrogens is 2. The van der Waals surface area contributed by atoms with Crippen LogP contribution in [0.1, 0.15) is 18.1 Å². The molecule has 0 saturated carbocycles. The van der Waals surface area contributed by atoms with E-state index in [1.54, 1.807) is 0 Å². The molecule has 1 aliphatic heterocycles. The Hall–Kier alpha value is -1.00. The number of sulfone groups is 2. The normalized spacial score (nSPS) is 22.7. The van der Waals surface area contributed by atoms with Crippen LogP contribution in [-0.4, -0.2) is 50.8 Å². The Bertz CT molecular complexity index is 649. The van der Waals surface area contributed by atoms with Crippen molar-refractivity contribution < 1.29 is 21.4 Å². The van der Waals surface area contributed by atoms with E-state index in [0.717, 1.165) is 6.26 Å². The molecular weight excluding hydrogens is 294 g/mol. The van der Waals surface area contributed by atoms with Gasteiger partial charge in [0.1, 0.15) is 5.75 Å². The van der Waals surface area contributed by atoms with Gasteiger partial charge in [-0.05, 0) is 6.42 Å². The van der Waals surface area contributed by atoms with Crippen LogP contribution in [0.2, 0.25) is 0 Å². The lowest BCUT2D eigenvalue weighted by molar-refractivity contribution is 0.356. The third-order valence-corrected chi connectivity index (χ3v) is 5.23. The SMILES string of the molecule is CS(=O)(=O)Cc1noc(CNC2CCS(=O)(=O)C2)n1. The summed E-state index contributed by atoms with van der Waals surface area (Å²) in [5.74, 6) is 0.390. The molecule has 2 rings (SSSR count). The maximum atomic E-state index is 11.3. The third-order valence-electron chi connectivity index (χ3n) is 2.68. The maximum Gasteiger partial charge on any atom is 0.240 e. The summed E-state index contributed by atoms with van der Waals surface area (Å²) in [6.07, 6.45) is 1.65. The predicted molar refractivity (Wildman–Crippen MR) is 66.7 cm³/mol. The number of rotatable bonds is 5. The minimum absolute atomic E-state index is 0.108. The molecule has 1 N–H and O–H groups in total. The summed E-state index contributed by atoms with van der Waals surface area (Å²) < 4.78 is 49.5. The van der Waals surface area contributed by atoms with Crippen LogP contribution in [0.4, 0.5) is 0 Å². The topological polar surface area (TPSA) is 119 Å². The highest BCUT2D eigenvalue weighted by Gasteiger charge is 2.27. The van der Waals surface area contributed by atoms with Gasteiger partial charge in [0.25, 0.3) is 0 Å². The molecule has 19 heavy (non-hydrogen) atoms. The zero-order chi connectivity index (χ0) is 14.1. The molecule has 10 heteroatoms. The van der Waals surface area contributed by atoms with Crippen LogP contribution in [0.15, 0.2) is 4.52 Å². The van der Waals surface area contributed by atoms with E-state index in [-0.39, 0.29) is 41.6 Å². The first kappa shape index (κ1) is 14.4. The fourth-order valence-corrected chi connectivity index (χ4v) is 4.14. The summed E-state index contributed by atoms with van der Waals surface area (Å²) in [4.78, 5) is 3.92. The van der Waals surface area contributed by atoms with Gasteiger partial charge in [-0.1, -0.05) is 5.16 Å². The molecule has 0 aromatic carbocycles. The molecule has 1 aromatic heterocycles. The average molecular weight is 309 g/mol. The van der Waals surface area contributed by atoms with E-state index in [9.17, 15) is 16.8 Å². The quantitative estimate of drug-likeness (QED) is 0.727. The van der Waals surface area contributed by atoms with Crippen LogP contribution in [0, 0.1) is 0 Å². The summed E-state index contributed by atoms with van der Waals surface area (Å²) in [5.41, 5.74) is 0. The first-order valence-corrected chi connectivity index (χ1v) is 9.55. The van der Waals surface area contributed by atoms with Crippen LogP contribution >= 0.6 is 0 Å². The van der Waals surface area contributed by atoms with Crippen LogP contribution < -0.4 is 5.32 Å². The molecule has 0 spiro atoms. The number of nitrogens with one attached hydrogen (secondary N) is 1. The lowest BCUT2D eigenvalue weighted by atomic mass is 10.3. The Labute approximate surface area is 111 Å². The number of hydrogen-bond acceptors (Lipinski definition) is 8.